The number of rotatable bonds is 7. The van der Waals surface area contributed by atoms with Crippen LogP contribution in [0.4, 0.5) is 14.5 Å². The number of likely N-dealkylation sites (N-methyl/N-ethyl adjacent to an activating group) is 1. The first-order chi connectivity index (χ1) is 20.4. The Morgan fingerprint density at radius 3 is 2.30 bits per heavy atom. The molecule has 1 fully saturated rings. The van der Waals surface area contributed by atoms with E-state index in [4.69, 9.17) is 4.84 Å². The van der Waals surface area contributed by atoms with Crippen molar-refractivity contribution in [1.29, 1.82) is 0 Å². The van der Waals surface area contributed by atoms with Gasteiger partial charge in [0.1, 0.15) is 35.4 Å². The molecule has 1 aliphatic heterocycles. The fourth-order valence-corrected chi connectivity index (χ4v) is 6.58. The lowest BCUT2D eigenvalue weighted by Crippen LogP contribution is -2.58. The van der Waals surface area contributed by atoms with Crippen LogP contribution < -0.4 is 15.7 Å². The van der Waals surface area contributed by atoms with E-state index in [0.29, 0.717) is 12.0 Å². The second-order valence-corrected chi connectivity index (χ2v) is 12.2. The van der Waals surface area contributed by atoms with Crippen LogP contribution in [-0.2, 0) is 20.0 Å². The molecule has 5 rings (SSSR count). The van der Waals surface area contributed by atoms with Crippen LogP contribution in [0.5, 0.6) is 0 Å². The molecule has 3 unspecified atom stereocenters. The molecule has 0 bridgehead atoms. The van der Waals surface area contributed by atoms with Gasteiger partial charge in [-0.2, -0.15) is 5.48 Å². The van der Waals surface area contributed by atoms with E-state index in [9.17, 15) is 23.5 Å². The van der Waals surface area contributed by atoms with Crippen LogP contribution in [0.1, 0.15) is 57.7 Å². The number of para-hydroxylation sites is 1. The number of hydrogen-bond acceptors (Lipinski definition) is 5. The minimum absolute atomic E-state index is 0.0747. The standard InChI is InChI=1S/C34H39F2N3O4/c1-19(2)25-15-14-20(3)34(42,22-16-23(35)18-24(36)17-22)31(25)43-38-21(4)32(40)37-30-28-12-7-6-10-26(28)27-11-8-9-13-29(27)39(5)33(30)41/h6-13,16-21,25,30-31,38,42H,14-15H2,1-5H3,(H,37,40)/t20?,21-,25?,30-,31?,34-/m0/s1. The number of fused-ring (bicyclic) bond motifs is 3. The maximum Gasteiger partial charge on any atom is 0.253 e. The highest BCUT2D eigenvalue weighted by atomic mass is 19.1. The zero-order chi connectivity index (χ0) is 31.1. The zero-order valence-corrected chi connectivity index (χ0v) is 25.1. The van der Waals surface area contributed by atoms with Crippen molar-refractivity contribution in [2.75, 3.05) is 11.9 Å². The fraction of sp³-hybridized carbons (Fsp3) is 0.412. The Morgan fingerprint density at radius 1 is 1.00 bits per heavy atom. The topological polar surface area (TPSA) is 90.9 Å². The number of nitrogens with zero attached hydrogens (tertiary/aromatic N) is 1. The summed E-state index contributed by atoms with van der Waals surface area (Å²) in [6.07, 6.45) is 0.451. The van der Waals surface area contributed by atoms with Crippen molar-refractivity contribution < 1.29 is 28.3 Å². The van der Waals surface area contributed by atoms with Gasteiger partial charge in [0.25, 0.3) is 5.91 Å². The van der Waals surface area contributed by atoms with Gasteiger partial charge in [0, 0.05) is 18.7 Å². The Hall–Kier alpha value is -3.66. The quantitative estimate of drug-likeness (QED) is 0.310. The zero-order valence-electron chi connectivity index (χ0n) is 25.1. The first-order valence-electron chi connectivity index (χ1n) is 14.8. The minimum Gasteiger partial charge on any atom is -0.382 e. The lowest BCUT2D eigenvalue weighted by Gasteiger charge is -2.49. The van der Waals surface area contributed by atoms with E-state index in [0.717, 1.165) is 41.4 Å². The summed E-state index contributed by atoms with van der Waals surface area (Å²) in [5.74, 6) is -2.83. The summed E-state index contributed by atoms with van der Waals surface area (Å²) in [7, 11) is 1.68. The van der Waals surface area contributed by atoms with Gasteiger partial charge < -0.3 is 15.3 Å². The van der Waals surface area contributed by atoms with Gasteiger partial charge in [-0.25, -0.2) is 8.78 Å². The van der Waals surface area contributed by atoms with E-state index < -0.39 is 41.3 Å². The van der Waals surface area contributed by atoms with Gasteiger partial charge in [-0.1, -0.05) is 63.2 Å². The number of anilines is 1. The van der Waals surface area contributed by atoms with E-state index in [2.05, 4.69) is 10.8 Å². The van der Waals surface area contributed by atoms with Crippen LogP contribution in [-0.4, -0.2) is 36.1 Å². The van der Waals surface area contributed by atoms with Crippen LogP contribution in [0.3, 0.4) is 0 Å². The number of amides is 2. The van der Waals surface area contributed by atoms with Gasteiger partial charge in [-0.15, -0.1) is 0 Å². The molecule has 2 aliphatic rings. The largest absolute Gasteiger partial charge is 0.382 e. The summed E-state index contributed by atoms with van der Waals surface area (Å²) in [5, 5.41) is 15.0. The predicted molar refractivity (Wildman–Crippen MR) is 161 cm³/mol. The van der Waals surface area contributed by atoms with E-state index >= 15 is 0 Å². The number of halogens is 2. The average molecular weight is 592 g/mol. The van der Waals surface area contributed by atoms with Crippen molar-refractivity contribution in [1.82, 2.24) is 10.8 Å². The van der Waals surface area contributed by atoms with Crippen LogP contribution >= 0.6 is 0 Å². The van der Waals surface area contributed by atoms with Crippen molar-refractivity contribution in [3.05, 3.63) is 89.5 Å². The van der Waals surface area contributed by atoms with Gasteiger partial charge in [0.15, 0.2) is 0 Å². The third-order valence-electron chi connectivity index (χ3n) is 9.14. The lowest BCUT2D eigenvalue weighted by molar-refractivity contribution is -0.221. The summed E-state index contributed by atoms with van der Waals surface area (Å²) in [6, 6.07) is 16.2. The van der Waals surface area contributed by atoms with Crippen molar-refractivity contribution in [3.8, 4) is 11.1 Å². The molecular weight excluding hydrogens is 552 g/mol. The molecule has 3 aromatic carbocycles. The Balaban J connectivity index is 1.39. The molecule has 3 aromatic rings. The summed E-state index contributed by atoms with van der Waals surface area (Å²) in [6.45, 7) is 7.43. The first-order valence-corrected chi connectivity index (χ1v) is 14.8. The second kappa shape index (κ2) is 12.1. The highest BCUT2D eigenvalue weighted by Gasteiger charge is 2.52. The minimum atomic E-state index is -1.72. The number of nitrogens with one attached hydrogen (secondary N) is 2. The van der Waals surface area contributed by atoms with Crippen molar-refractivity contribution in [2.24, 2.45) is 17.8 Å². The smallest absolute Gasteiger partial charge is 0.253 e. The monoisotopic (exact) mass is 591 g/mol. The molecule has 1 aliphatic carbocycles. The van der Waals surface area contributed by atoms with Gasteiger partial charge >= 0.3 is 0 Å². The number of carbonyl (C=O) groups excluding carboxylic acids is 2. The maximum absolute atomic E-state index is 14.3. The second-order valence-electron chi connectivity index (χ2n) is 12.2. The summed E-state index contributed by atoms with van der Waals surface area (Å²) < 4.78 is 28.6. The molecule has 1 saturated carbocycles. The molecule has 3 N–H and O–H groups in total. The molecule has 0 saturated heterocycles. The summed E-state index contributed by atoms with van der Waals surface area (Å²) in [5.41, 5.74) is 4.33. The number of aliphatic hydroxyl groups is 1. The van der Waals surface area contributed by atoms with Crippen LogP contribution in [0.2, 0.25) is 0 Å². The van der Waals surface area contributed by atoms with Gasteiger partial charge in [-0.05, 0) is 72.4 Å². The summed E-state index contributed by atoms with van der Waals surface area (Å²) >= 11 is 0. The highest BCUT2D eigenvalue weighted by molar-refractivity contribution is 6.06. The SMILES string of the molecule is CC(C)C1CCC(C)[C@](O)(c2cc(F)cc(F)c2)C1ON[C@@H](C)C(=O)N[C@@H]1C(=O)N(C)c2ccccc2-c2ccccc21. The predicted octanol–water partition coefficient (Wildman–Crippen LogP) is 5.63. The van der Waals surface area contributed by atoms with E-state index in [-0.39, 0.29) is 29.2 Å². The molecule has 1 heterocycles. The number of benzene rings is 3. The van der Waals surface area contributed by atoms with E-state index in [1.165, 1.54) is 0 Å². The lowest BCUT2D eigenvalue weighted by atomic mass is 9.63. The number of carbonyl (C=O) groups is 2. The maximum atomic E-state index is 14.3. The Morgan fingerprint density at radius 2 is 1.63 bits per heavy atom. The van der Waals surface area contributed by atoms with Gasteiger partial charge in [0.05, 0.1) is 5.69 Å². The molecule has 228 valence electrons. The molecular formula is C34H39F2N3O4. The van der Waals surface area contributed by atoms with Crippen molar-refractivity contribution >= 4 is 17.5 Å². The van der Waals surface area contributed by atoms with Crippen LogP contribution in [0.25, 0.3) is 11.1 Å². The fourth-order valence-electron chi connectivity index (χ4n) is 6.58. The third-order valence-corrected chi connectivity index (χ3v) is 9.14. The van der Waals surface area contributed by atoms with Crippen LogP contribution in [0.15, 0.2) is 66.7 Å². The molecule has 9 heteroatoms. The molecule has 0 aromatic heterocycles. The molecule has 0 spiro atoms. The molecule has 7 nitrogen and oxygen atoms in total. The average Bonchev–Trinajstić information content (AvgIpc) is 3.06. The highest BCUT2D eigenvalue weighted by Crippen LogP contribution is 2.48. The molecule has 6 atom stereocenters. The molecule has 43 heavy (non-hydrogen) atoms. The Kier molecular flexibility index (Phi) is 8.70. The molecule has 0 radical (unpaired) electrons. The summed E-state index contributed by atoms with van der Waals surface area (Å²) in [4.78, 5) is 34.9. The third kappa shape index (κ3) is 5.69. The first kappa shape index (κ1) is 30.8. The molecule has 2 amide bonds. The number of hydrogen-bond donors (Lipinski definition) is 3. The Labute approximate surface area is 251 Å². The van der Waals surface area contributed by atoms with Gasteiger partial charge in [0.2, 0.25) is 5.91 Å². The van der Waals surface area contributed by atoms with Crippen LogP contribution in [0, 0.1) is 29.4 Å². The van der Waals surface area contributed by atoms with Gasteiger partial charge in [-0.3, -0.25) is 14.4 Å². The van der Waals surface area contributed by atoms with E-state index in [1.807, 2.05) is 69.3 Å². The van der Waals surface area contributed by atoms with Crippen molar-refractivity contribution in [3.63, 3.8) is 0 Å². The number of hydroxylamine groups is 1. The Bertz CT molecular complexity index is 1490. The van der Waals surface area contributed by atoms with Crippen molar-refractivity contribution in [2.45, 2.75) is 64.3 Å². The normalized spacial score (nSPS) is 26.0. The van der Waals surface area contributed by atoms with E-state index in [1.54, 1.807) is 18.9 Å².